The summed E-state index contributed by atoms with van der Waals surface area (Å²) in [4.78, 5) is 24.3. The van der Waals surface area contributed by atoms with Crippen LogP contribution in [0.5, 0.6) is 5.75 Å². The van der Waals surface area contributed by atoms with E-state index in [0.717, 1.165) is 4.47 Å². The number of rotatable bonds is 5. The predicted octanol–water partition coefficient (Wildman–Crippen LogP) is 3.85. The van der Waals surface area contributed by atoms with Crippen LogP contribution in [0.25, 0.3) is 0 Å². The van der Waals surface area contributed by atoms with E-state index in [1.165, 1.54) is 7.11 Å². The molecule has 0 heterocycles. The van der Waals surface area contributed by atoms with Crippen molar-refractivity contribution in [2.75, 3.05) is 24.3 Å². The molecule has 0 saturated carbocycles. The summed E-state index contributed by atoms with van der Waals surface area (Å²) >= 11 is 3.34. The Kier molecular flexibility index (Phi) is 6.20. The van der Waals surface area contributed by atoms with Crippen molar-refractivity contribution < 1.29 is 14.3 Å². The van der Waals surface area contributed by atoms with Gasteiger partial charge in [-0.2, -0.15) is 0 Å². The summed E-state index contributed by atoms with van der Waals surface area (Å²) in [6, 6.07) is 11.6. The van der Waals surface area contributed by atoms with Gasteiger partial charge in [-0.1, -0.05) is 22.0 Å². The minimum atomic E-state index is -0.452. The Labute approximate surface area is 148 Å². The molecular weight excluding hydrogens is 374 g/mol. The van der Waals surface area contributed by atoms with Gasteiger partial charge in [0.2, 0.25) is 0 Å². The molecule has 3 amide bonds. The number of carbonyl (C=O) groups excluding carboxylic acids is 2. The highest BCUT2D eigenvalue weighted by Gasteiger charge is 2.14. The van der Waals surface area contributed by atoms with E-state index >= 15 is 0 Å². The molecule has 2 rings (SSSR count). The lowest BCUT2D eigenvalue weighted by Gasteiger charge is -2.13. The standard InChI is InChI=1S/C17H18BrN3O3/c1-3-19-16(22)14-8-7-13(24-2)10-15(14)21-17(23)20-12-6-4-5-11(18)9-12/h4-10H,3H2,1-2H3,(H,19,22)(H2,20,21,23). The smallest absolute Gasteiger partial charge is 0.323 e. The lowest BCUT2D eigenvalue weighted by molar-refractivity contribution is 0.0956. The van der Waals surface area contributed by atoms with Crippen LogP contribution in [0.4, 0.5) is 16.2 Å². The molecular formula is C17H18BrN3O3. The van der Waals surface area contributed by atoms with E-state index in [2.05, 4.69) is 31.9 Å². The zero-order valence-electron chi connectivity index (χ0n) is 13.4. The molecule has 0 aliphatic carbocycles. The van der Waals surface area contributed by atoms with Gasteiger partial charge >= 0.3 is 6.03 Å². The topological polar surface area (TPSA) is 79.5 Å². The first kappa shape index (κ1) is 17.8. The van der Waals surface area contributed by atoms with Gasteiger partial charge < -0.3 is 20.7 Å². The number of amides is 3. The number of halogens is 1. The van der Waals surface area contributed by atoms with Gasteiger partial charge in [-0.15, -0.1) is 0 Å². The maximum Gasteiger partial charge on any atom is 0.323 e. The van der Waals surface area contributed by atoms with Crippen LogP contribution in [0.1, 0.15) is 17.3 Å². The van der Waals surface area contributed by atoms with Crippen LogP contribution >= 0.6 is 15.9 Å². The Bertz CT molecular complexity index is 750. The summed E-state index contributed by atoms with van der Waals surface area (Å²) in [6.07, 6.45) is 0. The molecule has 0 aromatic heterocycles. The fourth-order valence-corrected chi connectivity index (χ4v) is 2.46. The van der Waals surface area contributed by atoms with Gasteiger partial charge in [0.15, 0.2) is 0 Å². The number of anilines is 2. The zero-order valence-corrected chi connectivity index (χ0v) is 14.9. The minimum absolute atomic E-state index is 0.266. The van der Waals surface area contributed by atoms with Crippen molar-refractivity contribution in [2.45, 2.75) is 6.92 Å². The summed E-state index contributed by atoms with van der Waals surface area (Å²) < 4.78 is 6.01. The van der Waals surface area contributed by atoms with Crippen LogP contribution in [-0.2, 0) is 0 Å². The molecule has 0 aliphatic heterocycles. The number of nitrogens with one attached hydrogen (secondary N) is 3. The quantitative estimate of drug-likeness (QED) is 0.723. The first-order valence-corrected chi connectivity index (χ1v) is 8.12. The van der Waals surface area contributed by atoms with E-state index in [9.17, 15) is 9.59 Å². The average molecular weight is 392 g/mol. The van der Waals surface area contributed by atoms with Crippen LogP contribution in [0.15, 0.2) is 46.9 Å². The molecule has 24 heavy (non-hydrogen) atoms. The molecule has 0 fully saturated rings. The van der Waals surface area contributed by atoms with Crippen molar-refractivity contribution in [3.8, 4) is 5.75 Å². The normalized spacial score (nSPS) is 9.96. The molecule has 0 unspecified atom stereocenters. The molecule has 0 aliphatic rings. The average Bonchev–Trinajstić information content (AvgIpc) is 2.54. The maximum atomic E-state index is 12.2. The predicted molar refractivity (Wildman–Crippen MR) is 97.8 cm³/mol. The van der Waals surface area contributed by atoms with Crippen LogP contribution in [0, 0.1) is 0 Å². The molecule has 126 valence electrons. The Morgan fingerprint density at radius 1 is 1.12 bits per heavy atom. The fourth-order valence-electron chi connectivity index (χ4n) is 2.06. The number of urea groups is 1. The third kappa shape index (κ3) is 4.73. The second-order valence-electron chi connectivity index (χ2n) is 4.86. The molecule has 3 N–H and O–H groups in total. The van der Waals surface area contributed by atoms with E-state index in [4.69, 9.17) is 4.74 Å². The molecule has 7 heteroatoms. The lowest BCUT2D eigenvalue weighted by atomic mass is 10.1. The molecule has 0 radical (unpaired) electrons. The number of methoxy groups -OCH3 is 1. The van der Waals surface area contributed by atoms with Gasteiger partial charge in [-0.05, 0) is 37.3 Å². The van der Waals surface area contributed by atoms with Crippen LogP contribution in [-0.4, -0.2) is 25.6 Å². The molecule has 0 saturated heterocycles. The second kappa shape index (κ2) is 8.35. The summed E-state index contributed by atoms with van der Waals surface area (Å²) in [7, 11) is 1.52. The molecule has 2 aromatic carbocycles. The minimum Gasteiger partial charge on any atom is -0.497 e. The van der Waals surface area contributed by atoms with Gasteiger partial charge in [-0.25, -0.2) is 4.79 Å². The molecule has 0 spiro atoms. The van der Waals surface area contributed by atoms with Crippen LogP contribution in [0.2, 0.25) is 0 Å². The molecule has 0 bridgehead atoms. The molecule has 6 nitrogen and oxygen atoms in total. The van der Waals surface area contributed by atoms with Crippen molar-refractivity contribution in [1.29, 1.82) is 0 Å². The summed E-state index contributed by atoms with van der Waals surface area (Å²) in [5, 5.41) is 8.11. The van der Waals surface area contributed by atoms with Gasteiger partial charge in [0, 0.05) is 22.8 Å². The Hall–Kier alpha value is -2.54. The highest BCUT2D eigenvalue weighted by molar-refractivity contribution is 9.10. The zero-order chi connectivity index (χ0) is 17.5. The fraction of sp³-hybridized carbons (Fsp3) is 0.176. The number of hydrogen-bond donors (Lipinski definition) is 3. The van der Waals surface area contributed by atoms with Crippen molar-refractivity contribution in [3.63, 3.8) is 0 Å². The van der Waals surface area contributed by atoms with E-state index < -0.39 is 6.03 Å². The second-order valence-corrected chi connectivity index (χ2v) is 5.78. The van der Waals surface area contributed by atoms with E-state index in [-0.39, 0.29) is 5.91 Å². The Balaban J connectivity index is 2.20. The van der Waals surface area contributed by atoms with E-state index in [1.807, 2.05) is 19.1 Å². The Morgan fingerprint density at radius 2 is 1.92 bits per heavy atom. The SMILES string of the molecule is CCNC(=O)c1ccc(OC)cc1NC(=O)Nc1cccc(Br)c1. The number of hydrogen-bond acceptors (Lipinski definition) is 3. The van der Waals surface area contributed by atoms with Crippen molar-refractivity contribution in [1.82, 2.24) is 5.32 Å². The summed E-state index contributed by atoms with van der Waals surface area (Å²) in [5.74, 6) is 0.277. The van der Waals surface area contributed by atoms with Gasteiger partial charge in [0.05, 0.1) is 18.4 Å². The van der Waals surface area contributed by atoms with Gasteiger partial charge in [0.25, 0.3) is 5.91 Å². The Morgan fingerprint density at radius 3 is 2.58 bits per heavy atom. The van der Waals surface area contributed by atoms with Crippen LogP contribution < -0.4 is 20.7 Å². The highest BCUT2D eigenvalue weighted by atomic mass is 79.9. The highest BCUT2D eigenvalue weighted by Crippen LogP contribution is 2.23. The molecule has 2 aromatic rings. The monoisotopic (exact) mass is 391 g/mol. The third-order valence-corrected chi connectivity index (χ3v) is 3.63. The first-order chi connectivity index (χ1) is 11.5. The van der Waals surface area contributed by atoms with Crippen molar-refractivity contribution in [2.24, 2.45) is 0 Å². The third-order valence-electron chi connectivity index (χ3n) is 3.14. The molecule has 0 atom stereocenters. The number of benzene rings is 2. The van der Waals surface area contributed by atoms with Crippen molar-refractivity contribution >= 4 is 39.2 Å². The van der Waals surface area contributed by atoms with E-state index in [1.54, 1.807) is 30.3 Å². The van der Waals surface area contributed by atoms with Gasteiger partial charge in [-0.3, -0.25) is 4.79 Å². The van der Waals surface area contributed by atoms with Crippen LogP contribution in [0.3, 0.4) is 0 Å². The largest absolute Gasteiger partial charge is 0.497 e. The number of carbonyl (C=O) groups is 2. The van der Waals surface area contributed by atoms with Crippen molar-refractivity contribution in [3.05, 3.63) is 52.5 Å². The summed E-state index contributed by atoms with van der Waals surface area (Å²) in [5.41, 5.74) is 1.36. The number of ether oxygens (including phenoxy) is 1. The first-order valence-electron chi connectivity index (χ1n) is 7.33. The summed E-state index contributed by atoms with van der Waals surface area (Å²) in [6.45, 7) is 2.32. The van der Waals surface area contributed by atoms with Gasteiger partial charge in [0.1, 0.15) is 5.75 Å². The lowest BCUT2D eigenvalue weighted by Crippen LogP contribution is -2.26. The maximum absolute atomic E-state index is 12.2. The van der Waals surface area contributed by atoms with E-state index in [0.29, 0.717) is 29.2 Å².